The number of para-hydroxylation sites is 1. The van der Waals surface area contributed by atoms with E-state index in [2.05, 4.69) is 0 Å². The minimum absolute atomic E-state index is 0.267. The van der Waals surface area contributed by atoms with Crippen LogP contribution in [-0.2, 0) is 6.61 Å². The second-order valence-electron chi connectivity index (χ2n) is 4.05. The first-order valence-corrected chi connectivity index (χ1v) is 5.93. The summed E-state index contributed by atoms with van der Waals surface area (Å²) >= 11 is 0. The quantitative estimate of drug-likeness (QED) is 0.617. The highest BCUT2D eigenvalue weighted by molar-refractivity contribution is 5.56. The summed E-state index contributed by atoms with van der Waals surface area (Å²) in [6, 6.07) is 13.0. The Hall–Kier alpha value is -2.69. The number of rotatable bonds is 5. The van der Waals surface area contributed by atoms with Crippen molar-refractivity contribution in [3.8, 4) is 5.75 Å². The van der Waals surface area contributed by atoms with Crippen LogP contribution in [0.15, 0.2) is 54.7 Å². The molecule has 102 valence electrons. The standard InChI is InChI=1S/C15H12FNO3/c16-14-7-5-12(6-8-14)11-20-15-4-2-1-3-13(15)9-10-17(18)19/h1-10H,11H2/b10-9+. The SMILES string of the molecule is O=[N+]([O-])/C=C/c1ccccc1OCc1ccc(F)cc1. The summed E-state index contributed by atoms with van der Waals surface area (Å²) in [6.45, 7) is 0.267. The third kappa shape index (κ3) is 3.91. The smallest absolute Gasteiger partial charge is 0.235 e. The maximum Gasteiger partial charge on any atom is 0.235 e. The molecule has 0 spiro atoms. The molecule has 0 saturated heterocycles. The highest BCUT2D eigenvalue weighted by Crippen LogP contribution is 2.20. The van der Waals surface area contributed by atoms with Crippen LogP contribution in [0.1, 0.15) is 11.1 Å². The van der Waals surface area contributed by atoms with Crippen LogP contribution in [0.4, 0.5) is 4.39 Å². The first-order chi connectivity index (χ1) is 9.65. The van der Waals surface area contributed by atoms with Gasteiger partial charge in [0, 0.05) is 11.6 Å². The Morgan fingerprint density at radius 1 is 1.15 bits per heavy atom. The van der Waals surface area contributed by atoms with E-state index in [0.29, 0.717) is 11.3 Å². The van der Waals surface area contributed by atoms with Crippen LogP contribution >= 0.6 is 0 Å². The molecule has 0 radical (unpaired) electrons. The van der Waals surface area contributed by atoms with Gasteiger partial charge in [0.05, 0.1) is 4.92 Å². The summed E-state index contributed by atoms with van der Waals surface area (Å²) in [5, 5.41) is 10.3. The molecule has 0 aliphatic carbocycles. The zero-order chi connectivity index (χ0) is 14.4. The minimum atomic E-state index is -0.531. The molecule has 0 heterocycles. The van der Waals surface area contributed by atoms with Crippen LogP contribution in [0.3, 0.4) is 0 Å². The first-order valence-electron chi connectivity index (χ1n) is 5.93. The van der Waals surface area contributed by atoms with Crippen molar-refractivity contribution in [2.75, 3.05) is 0 Å². The molecule has 5 heteroatoms. The van der Waals surface area contributed by atoms with Gasteiger partial charge in [0.2, 0.25) is 6.20 Å². The Balaban J connectivity index is 2.09. The Kier molecular flexibility index (Phi) is 4.44. The van der Waals surface area contributed by atoms with Gasteiger partial charge in [-0.2, -0.15) is 0 Å². The van der Waals surface area contributed by atoms with Crippen molar-refractivity contribution in [2.24, 2.45) is 0 Å². The summed E-state index contributed by atoms with van der Waals surface area (Å²) in [6.07, 6.45) is 2.24. The molecule has 0 aliphatic heterocycles. The van der Waals surface area contributed by atoms with E-state index in [9.17, 15) is 14.5 Å². The molecule has 2 aromatic carbocycles. The summed E-state index contributed by atoms with van der Waals surface area (Å²) < 4.78 is 18.4. The average molecular weight is 273 g/mol. The monoisotopic (exact) mass is 273 g/mol. The van der Waals surface area contributed by atoms with Gasteiger partial charge in [-0.05, 0) is 23.8 Å². The number of nitro groups is 1. The van der Waals surface area contributed by atoms with Gasteiger partial charge >= 0.3 is 0 Å². The molecule has 0 amide bonds. The van der Waals surface area contributed by atoms with Crippen molar-refractivity contribution in [2.45, 2.75) is 6.61 Å². The van der Waals surface area contributed by atoms with E-state index in [4.69, 9.17) is 4.74 Å². The summed E-state index contributed by atoms with van der Waals surface area (Å²) in [7, 11) is 0. The van der Waals surface area contributed by atoms with E-state index in [1.165, 1.54) is 18.2 Å². The fraction of sp³-hybridized carbons (Fsp3) is 0.0667. The number of benzene rings is 2. The largest absolute Gasteiger partial charge is 0.488 e. The van der Waals surface area contributed by atoms with Gasteiger partial charge in [-0.15, -0.1) is 0 Å². The van der Waals surface area contributed by atoms with Gasteiger partial charge in [-0.3, -0.25) is 10.1 Å². The zero-order valence-electron chi connectivity index (χ0n) is 10.5. The highest BCUT2D eigenvalue weighted by atomic mass is 19.1. The number of ether oxygens (including phenoxy) is 1. The van der Waals surface area contributed by atoms with Gasteiger partial charge in [0.1, 0.15) is 18.2 Å². The predicted molar refractivity (Wildman–Crippen MR) is 73.2 cm³/mol. The fourth-order valence-corrected chi connectivity index (χ4v) is 1.63. The summed E-state index contributed by atoms with van der Waals surface area (Å²) in [5.41, 5.74) is 1.44. The van der Waals surface area contributed by atoms with Crippen molar-refractivity contribution < 1.29 is 14.1 Å². The van der Waals surface area contributed by atoms with Crippen LogP contribution in [0.2, 0.25) is 0 Å². The van der Waals surface area contributed by atoms with Gasteiger partial charge in [0.15, 0.2) is 0 Å². The minimum Gasteiger partial charge on any atom is -0.488 e. The molecular formula is C15H12FNO3. The van der Waals surface area contributed by atoms with Crippen molar-refractivity contribution in [3.63, 3.8) is 0 Å². The molecule has 2 rings (SSSR count). The van der Waals surface area contributed by atoms with Crippen LogP contribution in [-0.4, -0.2) is 4.92 Å². The molecule has 0 fully saturated rings. The second-order valence-corrected chi connectivity index (χ2v) is 4.05. The lowest BCUT2D eigenvalue weighted by molar-refractivity contribution is -0.400. The number of hydrogen-bond donors (Lipinski definition) is 0. The molecule has 0 aromatic heterocycles. The van der Waals surface area contributed by atoms with Crippen molar-refractivity contribution in [1.82, 2.24) is 0 Å². The topological polar surface area (TPSA) is 52.4 Å². The van der Waals surface area contributed by atoms with E-state index in [0.717, 1.165) is 11.8 Å². The zero-order valence-corrected chi connectivity index (χ0v) is 10.5. The molecule has 2 aromatic rings. The van der Waals surface area contributed by atoms with Crippen LogP contribution in [0.25, 0.3) is 6.08 Å². The van der Waals surface area contributed by atoms with Gasteiger partial charge in [0.25, 0.3) is 0 Å². The predicted octanol–water partition coefficient (Wildman–Crippen LogP) is 3.65. The highest BCUT2D eigenvalue weighted by Gasteiger charge is 2.02. The third-order valence-corrected chi connectivity index (χ3v) is 2.60. The number of halogens is 1. The van der Waals surface area contributed by atoms with Crippen molar-refractivity contribution >= 4 is 6.08 Å². The van der Waals surface area contributed by atoms with E-state index in [1.807, 2.05) is 0 Å². The molecule has 0 bridgehead atoms. The lowest BCUT2D eigenvalue weighted by Gasteiger charge is -2.08. The Labute approximate surface area is 115 Å². The van der Waals surface area contributed by atoms with Crippen molar-refractivity contribution in [3.05, 3.63) is 81.8 Å². The molecule has 0 N–H and O–H groups in total. The Morgan fingerprint density at radius 2 is 1.85 bits per heavy atom. The van der Waals surface area contributed by atoms with Crippen LogP contribution < -0.4 is 4.74 Å². The normalized spacial score (nSPS) is 10.7. The molecule has 4 nitrogen and oxygen atoms in total. The summed E-state index contributed by atoms with van der Waals surface area (Å²) in [4.78, 5) is 9.81. The Morgan fingerprint density at radius 3 is 2.55 bits per heavy atom. The maximum atomic E-state index is 12.8. The number of nitrogens with zero attached hydrogens (tertiary/aromatic N) is 1. The fourth-order valence-electron chi connectivity index (χ4n) is 1.63. The average Bonchev–Trinajstić information content (AvgIpc) is 2.45. The van der Waals surface area contributed by atoms with E-state index in [-0.39, 0.29) is 12.4 Å². The van der Waals surface area contributed by atoms with Crippen LogP contribution in [0.5, 0.6) is 5.75 Å². The van der Waals surface area contributed by atoms with Gasteiger partial charge in [-0.1, -0.05) is 30.3 Å². The summed E-state index contributed by atoms with van der Waals surface area (Å²) in [5.74, 6) is 0.234. The second kappa shape index (κ2) is 6.47. The van der Waals surface area contributed by atoms with E-state index >= 15 is 0 Å². The molecule has 0 aliphatic rings. The molecule has 0 saturated carbocycles. The van der Waals surface area contributed by atoms with Crippen molar-refractivity contribution in [1.29, 1.82) is 0 Å². The van der Waals surface area contributed by atoms with Gasteiger partial charge < -0.3 is 4.74 Å². The van der Waals surface area contributed by atoms with E-state index in [1.54, 1.807) is 36.4 Å². The molecule has 20 heavy (non-hydrogen) atoms. The lowest BCUT2D eigenvalue weighted by Crippen LogP contribution is -1.97. The first kappa shape index (κ1) is 13.7. The molecule has 0 unspecified atom stereocenters. The third-order valence-electron chi connectivity index (χ3n) is 2.60. The number of hydrogen-bond acceptors (Lipinski definition) is 3. The molecular weight excluding hydrogens is 261 g/mol. The molecule has 0 atom stereocenters. The lowest BCUT2D eigenvalue weighted by atomic mass is 10.2. The van der Waals surface area contributed by atoms with E-state index < -0.39 is 4.92 Å². The van der Waals surface area contributed by atoms with Gasteiger partial charge in [-0.25, -0.2) is 4.39 Å². The van der Waals surface area contributed by atoms with Crippen LogP contribution in [0, 0.1) is 15.9 Å². The Bertz CT molecular complexity index is 623. The maximum absolute atomic E-state index is 12.8.